The highest BCUT2D eigenvalue weighted by Crippen LogP contribution is 2.32. The van der Waals surface area contributed by atoms with Crippen molar-refractivity contribution in [3.63, 3.8) is 0 Å². The fourth-order valence-corrected chi connectivity index (χ4v) is 2.94. The van der Waals surface area contributed by atoms with Crippen LogP contribution in [0, 0.1) is 0 Å². The lowest BCUT2D eigenvalue weighted by molar-refractivity contribution is 0.0959. The number of carbonyl (C=O) groups excluding carboxylic acids is 1. The van der Waals surface area contributed by atoms with E-state index in [9.17, 15) is 4.79 Å². The molecular weight excluding hydrogens is 358 g/mol. The van der Waals surface area contributed by atoms with Gasteiger partial charge in [-0.15, -0.1) is 0 Å². The Kier molecular flexibility index (Phi) is 8.57. The lowest BCUT2D eigenvalue weighted by Crippen LogP contribution is -2.35. The van der Waals surface area contributed by atoms with Gasteiger partial charge >= 0.3 is 0 Å². The molecule has 0 fully saturated rings. The molecule has 1 aliphatic heterocycles. The first-order valence-electron chi connectivity index (χ1n) is 10.1. The molecule has 0 spiro atoms. The Morgan fingerprint density at radius 2 is 1.93 bits per heavy atom. The fraction of sp³-hybridized carbons (Fsp3) is 0.619. The summed E-state index contributed by atoms with van der Waals surface area (Å²) in [5.74, 6) is 0.930. The van der Waals surface area contributed by atoms with E-state index in [1.807, 2.05) is 20.8 Å². The largest absolute Gasteiger partial charge is 0.462 e. The Bertz CT molecular complexity index is 672. The maximum absolute atomic E-state index is 12.6. The maximum atomic E-state index is 12.6. The smallest absolute Gasteiger partial charge is 0.292 e. The van der Waals surface area contributed by atoms with Crippen LogP contribution in [0.2, 0.25) is 0 Å². The van der Waals surface area contributed by atoms with Crippen LogP contribution in [-0.2, 0) is 4.74 Å². The van der Waals surface area contributed by atoms with E-state index in [4.69, 9.17) is 14.2 Å². The van der Waals surface area contributed by atoms with E-state index < -0.39 is 0 Å². The molecule has 7 heteroatoms. The average Bonchev–Trinajstić information content (AvgIpc) is 3.12. The monoisotopic (exact) mass is 391 g/mol. The number of amidine groups is 1. The normalized spacial score (nSPS) is 14.5. The third-order valence-electron chi connectivity index (χ3n) is 4.53. The van der Waals surface area contributed by atoms with Gasteiger partial charge in [-0.25, -0.2) is 4.99 Å². The number of amides is 1. The van der Waals surface area contributed by atoms with Gasteiger partial charge < -0.3 is 19.1 Å². The number of ether oxygens (including phenoxy) is 3. The Balaban J connectivity index is 1.97. The molecule has 0 saturated heterocycles. The molecule has 1 heterocycles. The van der Waals surface area contributed by atoms with E-state index in [1.54, 1.807) is 18.2 Å². The van der Waals surface area contributed by atoms with Crippen molar-refractivity contribution in [1.29, 1.82) is 0 Å². The zero-order valence-corrected chi connectivity index (χ0v) is 17.7. The van der Waals surface area contributed by atoms with Crippen LogP contribution in [0.1, 0.15) is 57.8 Å². The summed E-state index contributed by atoms with van der Waals surface area (Å²) < 4.78 is 16.3. The first-order chi connectivity index (χ1) is 13.4. The quantitative estimate of drug-likeness (QED) is 0.516. The number of aliphatic imine (C=N–C) groups is 1. The number of fused-ring (bicyclic) bond motifs is 1. The summed E-state index contributed by atoms with van der Waals surface area (Å²) >= 11 is 0. The van der Waals surface area contributed by atoms with Crippen molar-refractivity contribution in [2.75, 3.05) is 26.4 Å². The predicted octanol–water partition coefficient (Wildman–Crippen LogP) is 3.44. The summed E-state index contributed by atoms with van der Waals surface area (Å²) in [6.07, 6.45) is 1.90. The molecule has 0 aliphatic carbocycles. The molecule has 0 unspecified atom stereocenters. The minimum absolute atomic E-state index is 0.0568. The van der Waals surface area contributed by atoms with Crippen LogP contribution in [0.5, 0.6) is 11.5 Å². The number of rotatable bonds is 9. The van der Waals surface area contributed by atoms with Gasteiger partial charge in [0.2, 0.25) is 6.79 Å². The Labute approximate surface area is 168 Å². The third kappa shape index (κ3) is 6.71. The lowest BCUT2D eigenvalue weighted by atomic mass is 10.2. The molecule has 0 radical (unpaired) electrons. The van der Waals surface area contributed by atoms with E-state index >= 15 is 0 Å². The zero-order valence-electron chi connectivity index (χ0n) is 17.7. The topological polar surface area (TPSA) is 72.4 Å². The summed E-state index contributed by atoms with van der Waals surface area (Å²) in [6, 6.07) is 5.41. The van der Waals surface area contributed by atoms with Gasteiger partial charge in [0.1, 0.15) is 0 Å². The second-order valence-electron chi connectivity index (χ2n) is 7.14. The summed E-state index contributed by atoms with van der Waals surface area (Å²) in [5.41, 5.74) is 0.471. The van der Waals surface area contributed by atoms with E-state index in [1.165, 1.54) is 0 Å². The van der Waals surface area contributed by atoms with Crippen LogP contribution in [0.4, 0.5) is 0 Å². The van der Waals surface area contributed by atoms with Crippen molar-refractivity contribution >= 4 is 11.9 Å². The van der Waals surface area contributed by atoms with Gasteiger partial charge in [-0.05, 0) is 71.4 Å². The van der Waals surface area contributed by atoms with Crippen molar-refractivity contribution in [3.8, 4) is 11.5 Å². The molecule has 0 aromatic heterocycles. The van der Waals surface area contributed by atoms with Gasteiger partial charge in [0, 0.05) is 5.56 Å². The van der Waals surface area contributed by atoms with Gasteiger partial charge in [-0.2, -0.15) is 0 Å². The minimum atomic E-state index is -0.284. The molecule has 1 aromatic rings. The van der Waals surface area contributed by atoms with E-state index in [2.05, 4.69) is 29.1 Å². The number of hydrogen-bond donors (Lipinski definition) is 1. The average molecular weight is 392 g/mol. The van der Waals surface area contributed by atoms with Crippen molar-refractivity contribution in [1.82, 2.24) is 10.2 Å². The number of nitrogens with one attached hydrogen (secondary N) is 1. The third-order valence-corrected chi connectivity index (χ3v) is 4.53. The summed E-state index contributed by atoms with van der Waals surface area (Å²) in [5, 5.41) is 2.79. The molecule has 0 saturated carbocycles. The van der Waals surface area contributed by atoms with Crippen LogP contribution in [0.3, 0.4) is 0 Å². The van der Waals surface area contributed by atoms with Gasteiger partial charge in [-0.1, -0.05) is 13.8 Å². The van der Waals surface area contributed by atoms with Crippen molar-refractivity contribution in [2.24, 2.45) is 4.99 Å². The molecule has 1 aliphatic rings. The fourth-order valence-electron chi connectivity index (χ4n) is 2.94. The molecule has 1 aromatic carbocycles. The van der Waals surface area contributed by atoms with E-state index in [0.29, 0.717) is 17.1 Å². The highest BCUT2D eigenvalue weighted by molar-refractivity contribution is 6.04. The molecule has 7 nitrogen and oxygen atoms in total. The number of nitrogens with zero attached hydrogens (tertiary/aromatic N) is 2. The van der Waals surface area contributed by atoms with Crippen molar-refractivity contribution in [2.45, 2.75) is 59.6 Å². The molecule has 1 atom stereocenters. The molecule has 1 N–H and O–H groups in total. The molecule has 2 rings (SSSR count). The minimum Gasteiger partial charge on any atom is -0.462 e. The second-order valence-corrected chi connectivity index (χ2v) is 7.14. The predicted molar refractivity (Wildman–Crippen MR) is 110 cm³/mol. The highest BCUT2D eigenvalue weighted by Gasteiger charge is 2.18. The van der Waals surface area contributed by atoms with Gasteiger partial charge in [0.15, 0.2) is 11.5 Å². The van der Waals surface area contributed by atoms with Crippen LogP contribution in [0.15, 0.2) is 23.2 Å². The maximum Gasteiger partial charge on any atom is 0.292 e. The van der Waals surface area contributed by atoms with Gasteiger partial charge in [0.05, 0.1) is 12.1 Å². The molecule has 156 valence electrons. The Morgan fingerprint density at radius 3 is 2.61 bits per heavy atom. The summed E-state index contributed by atoms with van der Waals surface area (Å²) in [7, 11) is 0. The summed E-state index contributed by atoms with van der Waals surface area (Å²) in [6.45, 7) is 13.5. The Morgan fingerprint density at radius 1 is 1.21 bits per heavy atom. The summed E-state index contributed by atoms with van der Waals surface area (Å²) in [4.78, 5) is 19.6. The second kappa shape index (κ2) is 10.9. The number of benzene rings is 1. The SMILES string of the molecule is CCN(CC)CCC[C@@H](C)N=C(NC(=O)c1ccc2c(c1)OCO2)OC(C)C. The number of carbonyl (C=O) groups is 1. The van der Waals surface area contributed by atoms with Crippen LogP contribution < -0.4 is 14.8 Å². The number of hydrogen-bond acceptors (Lipinski definition) is 6. The van der Waals surface area contributed by atoms with Crippen molar-refractivity contribution < 1.29 is 19.0 Å². The van der Waals surface area contributed by atoms with Gasteiger partial charge in [0.25, 0.3) is 11.9 Å². The molecule has 28 heavy (non-hydrogen) atoms. The molecule has 0 bridgehead atoms. The molecular formula is C21H33N3O4. The van der Waals surface area contributed by atoms with E-state index in [-0.39, 0.29) is 30.9 Å². The molecule has 1 amide bonds. The zero-order chi connectivity index (χ0) is 20.5. The highest BCUT2D eigenvalue weighted by atomic mass is 16.7. The van der Waals surface area contributed by atoms with Crippen LogP contribution >= 0.6 is 0 Å². The van der Waals surface area contributed by atoms with Crippen LogP contribution in [-0.4, -0.2) is 55.4 Å². The first kappa shape index (κ1) is 22.0. The first-order valence-corrected chi connectivity index (χ1v) is 10.1. The van der Waals surface area contributed by atoms with Gasteiger partial charge in [-0.3, -0.25) is 10.1 Å². The van der Waals surface area contributed by atoms with E-state index in [0.717, 1.165) is 32.5 Å². The standard InChI is InChI=1S/C21H33N3O4/c1-6-24(7-2)12-8-9-16(5)22-21(28-15(3)4)23-20(25)17-10-11-18-19(13-17)27-14-26-18/h10-11,13,15-16H,6-9,12,14H2,1-5H3,(H,22,23,25)/t16-/m1/s1. The Hall–Kier alpha value is -2.28. The van der Waals surface area contributed by atoms with Crippen molar-refractivity contribution in [3.05, 3.63) is 23.8 Å². The van der Waals surface area contributed by atoms with Crippen LogP contribution in [0.25, 0.3) is 0 Å². The lowest BCUT2D eigenvalue weighted by Gasteiger charge is -2.19.